The topological polar surface area (TPSA) is 50.8 Å². The van der Waals surface area contributed by atoms with E-state index in [0.29, 0.717) is 12.4 Å². The van der Waals surface area contributed by atoms with Crippen LogP contribution in [0.25, 0.3) is 0 Å². The lowest BCUT2D eigenvalue weighted by Gasteiger charge is -2.33. The molecule has 1 atom stereocenters. The first kappa shape index (κ1) is 19.2. The van der Waals surface area contributed by atoms with E-state index in [9.17, 15) is 4.79 Å². The summed E-state index contributed by atoms with van der Waals surface area (Å²) in [7, 11) is 0. The Labute approximate surface area is 161 Å². The minimum atomic E-state index is -0.0737. The second-order valence-electron chi connectivity index (χ2n) is 6.82. The standard InChI is InChI=1S/C22H28N2O3/c1-2-26-20-10-12-21(13-11-20)27-17-22(25)23-19-9-6-14-24(16-19)15-18-7-4-3-5-8-18/h3-5,7-8,10-13,19H,2,6,9,14-17H2,1H3,(H,23,25)/t19-/m0/s1. The number of amides is 1. The summed E-state index contributed by atoms with van der Waals surface area (Å²) in [5, 5.41) is 3.11. The molecule has 2 aromatic rings. The molecule has 27 heavy (non-hydrogen) atoms. The van der Waals surface area contributed by atoms with Gasteiger partial charge in [0.1, 0.15) is 11.5 Å². The molecular formula is C22H28N2O3. The first-order valence-corrected chi connectivity index (χ1v) is 9.64. The van der Waals surface area contributed by atoms with Gasteiger partial charge in [0, 0.05) is 19.1 Å². The van der Waals surface area contributed by atoms with Gasteiger partial charge in [-0.15, -0.1) is 0 Å². The van der Waals surface area contributed by atoms with E-state index in [1.54, 1.807) is 0 Å². The highest BCUT2D eigenvalue weighted by Gasteiger charge is 2.21. The largest absolute Gasteiger partial charge is 0.494 e. The number of benzene rings is 2. The smallest absolute Gasteiger partial charge is 0.258 e. The molecule has 0 saturated carbocycles. The monoisotopic (exact) mass is 368 g/mol. The molecule has 0 spiro atoms. The average Bonchev–Trinajstić information content (AvgIpc) is 2.69. The molecule has 0 bridgehead atoms. The lowest BCUT2D eigenvalue weighted by molar-refractivity contribution is -0.124. The Bertz CT molecular complexity index is 703. The van der Waals surface area contributed by atoms with Crippen LogP contribution in [-0.2, 0) is 11.3 Å². The minimum Gasteiger partial charge on any atom is -0.494 e. The third-order valence-corrected chi connectivity index (χ3v) is 4.62. The van der Waals surface area contributed by atoms with E-state index in [1.165, 1.54) is 5.56 Å². The molecular weight excluding hydrogens is 340 g/mol. The van der Waals surface area contributed by atoms with Crippen molar-refractivity contribution < 1.29 is 14.3 Å². The zero-order chi connectivity index (χ0) is 18.9. The van der Waals surface area contributed by atoms with E-state index in [-0.39, 0.29) is 18.6 Å². The third-order valence-electron chi connectivity index (χ3n) is 4.62. The van der Waals surface area contributed by atoms with Gasteiger partial charge in [-0.2, -0.15) is 0 Å². The molecule has 1 saturated heterocycles. The van der Waals surface area contributed by atoms with Gasteiger partial charge < -0.3 is 14.8 Å². The molecule has 1 amide bonds. The predicted molar refractivity (Wildman–Crippen MR) is 106 cm³/mol. The van der Waals surface area contributed by atoms with Crippen LogP contribution in [0.5, 0.6) is 11.5 Å². The zero-order valence-electron chi connectivity index (χ0n) is 15.9. The second-order valence-corrected chi connectivity index (χ2v) is 6.82. The number of hydrogen-bond acceptors (Lipinski definition) is 4. The number of rotatable bonds is 8. The Morgan fingerprint density at radius 3 is 2.48 bits per heavy atom. The quantitative estimate of drug-likeness (QED) is 0.777. The van der Waals surface area contributed by atoms with Crippen LogP contribution in [0.15, 0.2) is 54.6 Å². The molecule has 3 rings (SSSR count). The molecule has 1 N–H and O–H groups in total. The molecule has 1 aliphatic rings. The summed E-state index contributed by atoms with van der Waals surface area (Å²) in [6.07, 6.45) is 2.11. The van der Waals surface area contributed by atoms with Crippen LogP contribution in [-0.4, -0.2) is 43.2 Å². The van der Waals surface area contributed by atoms with Gasteiger partial charge >= 0.3 is 0 Å². The molecule has 1 heterocycles. The van der Waals surface area contributed by atoms with Gasteiger partial charge in [0.2, 0.25) is 0 Å². The zero-order valence-corrected chi connectivity index (χ0v) is 15.9. The summed E-state index contributed by atoms with van der Waals surface area (Å²) in [5.41, 5.74) is 1.31. The molecule has 2 aromatic carbocycles. The van der Waals surface area contributed by atoms with Crippen LogP contribution < -0.4 is 14.8 Å². The van der Waals surface area contributed by atoms with E-state index in [1.807, 2.05) is 37.3 Å². The van der Waals surface area contributed by atoms with Crippen LogP contribution in [0.3, 0.4) is 0 Å². The van der Waals surface area contributed by atoms with Gasteiger partial charge in [0.05, 0.1) is 6.61 Å². The van der Waals surface area contributed by atoms with Gasteiger partial charge in [0.25, 0.3) is 5.91 Å². The van der Waals surface area contributed by atoms with Crippen molar-refractivity contribution in [1.29, 1.82) is 0 Å². The Kier molecular flexibility index (Phi) is 7.11. The lowest BCUT2D eigenvalue weighted by Crippen LogP contribution is -2.48. The average molecular weight is 368 g/mol. The van der Waals surface area contributed by atoms with Gasteiger partial charge in [0.15, 0.2) is 6.61 Å². The van der Waals surface area contributed by atoms with Gasteiger partial charge in [-0.05, 0) is 56.1 Å². The number of hydrogen-bond donors (Lipinski definition) is 1. The third kappa shape index (κ3) is 6.29. The highest BCUT2D eigenvalue weighted by Crippen LogP contribution is 2.17. The number of nitrogens with one attached hydrogen (secondary N) is 1. The Morgan fingerprint density at radius 2 is 1.78 bits per heavy atom. The SMILES string of the molecule is CCOc1ccc(OCC(=O)N[C@H]2CCCN(Cc3ccccc3)C2)cc1. The van der Waals surface area contributed by atoms with Crippen molar-refractivity contribution in [2.24, 2.45) is 0 Å². The van der Waals surface area contributed by atoms with E-state index in [2.05, 4.69) is 34.5 Å². The van der Waals surface area contributed by atoms with Crippen molar-refractivity contribution in [2.45, 2.75) is 32.4 Å². The summed E-state index contributed by atoms with van der Waals surface area (Å²) in [5.74, 6) is 1.40. The van der Waals surface area contributed by atoms with Gasteiger partial charge in [-0.3, -0.25) is 9.69 Å². The summed E-state index contributed by atoms with van der Waals surface area (Å²) in [4.78, 5) is 14.6. The van der Waals surface area contributed by atoms with Crippen molar-refractivity contribution in [3.05, 3.63) is 60.2 Å². The van der Waals surface area contributed by atoms with Crippen LogP contribution in [0.1, 0.15) is 25.3 Å². The van der Waals surface area contributed by atoms with Crippen LogP contribution in [0.4, 0.5) is 0 Å². The van der Waals surface area contributed by atoms with Crippen molar-refractivity contribution in [1.82, 2.24) is 10.2 Å². The molecule has 1 aliphatic heterocycles. The first-order chi connectivity index (χ1) is 13.2. The molecule has 1 fully saturated rings. The Balaban J connectivity index is 1.41. The number of carbonyl (C=O) groups excluding carboxylic acids is 1. The van der Waals surface area contributed by atoms with Crippen LogP contribution in [0.2, 0.25) is 0 Å². The molecule has 5 nitrogen and oxygen atoms in total. The maximum atomic E-state index is 12.2. The highest BCUT2D eigenvalue weighted by molar-refractivity contribution is 5.77. The summed E-state index contributed by atoms with van der Waals surface area (Å²) in [6.45, 7) is 5.49. The number of carbonyl (C=O) groups is 1. The van der Waals surface area contributed by atoms with E-state index >= 15 is 0 Å². The highest BCUT2D eigenvalue weighted by atomic mass is 16.5. The van der Waals surface area contributed by atoms with Crippen molar-refractivity contribution in [3.63, 3.8) is 0 Å². The second kappa shape index (κ2) is 9.97. The van der Waals surface area contributed by atoms with Crippen LogP contribution >= 0.6 is 0 Å². The fourth-order valence-corrected chi connectivity index (χ4v) is 3.38. The lowest BCUT2D eigenvalue weighted by atomic mass is 10.0. The van der Waals surface area contributed by atoms with Crippen molar-refractivity contribution in [3.8, 4) is 11.5 Å². The maximum Gasteiger partial charge on any atom is 0.258 e. The first-order valence-electron chi connectivity index (χ1n) is 9.64. The van der Waals surface area contributed by atoms with E-state index < -0.39 is 0 Å². The number of likely N-dealkylation sites (tertiary alicyclic amines) is 1. The van der Waals surface area contributed by atoms with Crippen molar-refractivity contribution >= 4 is 5.91 Å². The molecule has 0 radical (unpaired) electrons. The number of ether oxygens (including phenoxy) is 2. The number of nitrogens with zero attached hydrogens (tertiary/aromatic N) is 1. The summed E-state index contributed by atoms with van der Waals surface area (Å²) >= 11 is 0. The molecule has 0 aromatic heterocycles. The van der Waals surface area contributed by atoms with Crippen LogP contribution in [0, 0.1) is 0 Å². The Hall–Kier alpha value is -2.53. The number of piperidine rings is 1. The molecule has 0 unspecified atom stereocenters. The van der Waals surface area contributed by atoms with E-state index in [0.717, 1.165) is 38.2 Å². The fourth-order valence-electron chi connectivity index (χ4n) is 3.38. The summed E-state index contributed by atoms with van der Waals surface area (Å²) in [6, 6.07) is 18.0. The predicted octanol–water partition coefficient (Wildman–Crippen LogP) is 3.24. The molecule has 5 heteroatoms. The maximum absolute atomic E-state index is 12.2. The Morgan fingerprint density at radius 1 is 1.07 bits per heavy atom. The minimum absolute atomic E-state index is 0.0309. The van der Waals surface area contributed by atoms with E-state index in [4.69, 9.17) is 9.47 Å². The van der Waals surface area contributed by atoms with Crippen molar-refractivity contribution in [2.75, 3.05) is 26.3 Å². The normalized spacial score (nSPS) is 17.3. The van der Waals surface area contributed by atoms with Gasteiger partial charge in [-0.1, -0.05) is 30.3 Å². The van der Waals surface area contributed by atoms with Gasteiger partial charge in [-0.25, -0.2) is 0 Å². The summed E-state index contributed by atoms with van der Waals surface area (Å²) < 4.78 is 11.0. The molecule has 144 valence electrons. The fraction of sp³-hybridized carbons (Fsp3) is 0.409. The molecule has 0 aliphatic carbocycles.